The van der Waals surface area contributed by atoms with Gasteiger partial charge in [-0.15, -0.1) is 0 Å². The highest BCUT2D eigenvalue weighted by atomic mass is 16.5. The third-order valence-corrected chi connectivity index (χ3v) is 11.4. The number of fused-ring (bicyclic) bond motifs is 2. The zero-order valence-electron chi connectivity index (χ0n) is 34.9. The van der Waals surface area contributed by atoms with E-state index in [0.717, 1.165) is 78.3 Å². The quantitative estimate of drug-likeness (QED) is 0.115. The number of ether oxygens (including phenoxy) is 2. The zero-order chi connectivity index (χ0) is 42.1. The van der Waals surface area contributed by atoms with Gasteiger partial charge in [-0.1, -0.05) is 194 Å². The Hall–Kier alpha value is -7.94. The monoisotopic (exact) mass is 798 g/mol. The van der Waals surface area contributed by atoms with Gasteiger partial charge in [0.25, 0.3) is 0 Å². The van der Waals surface area contributed by atoms with Crippen LogP contribution in [0.3, 0.4) is 0 Å². The second-order valence-corrected chi connectivity index (χ2v) is 15.3. The number of hydrogen-bond acceptors (Lipinski definition) is 2. The van der Waals surface area contributed by atoms with Crippen LogP contribution in [0.2, 0.25) is 0 Å². The Labute approximate surface area is 364 Å². The number of rotatable bonds is 12. The highest BCUT2D eigenvalue weighted by Crippen LogP contribution is 2.33. The Balaban J connectivity index is 0.984. The zero-order valence-corrected chi connectivity index (χ0v) is 34.9. The van der Waals surface area contributed by atoms with Crippen LogP contribution in [-0.2, 0) is 0 Å². The molecule has 0 amide bonds. The van der Waals surface area contributed by atoms with Gasteiger partial charge in [-0.25, -0.2) is 0 Å². The summed E-state index contributed by atoms with van der Waals surface area (Å²) < 4.78 is 11.0. The Morgan fingerprint density at radius 2 is 0.645 bits per heavy atom. The Morgan fingerprint density at radius 3 is 1.03 bits per heavy atom. The van der Waals surface area contributed by atoms with Crippen LogP contribution < -0.4 is 9.47 Å². The van der Waals surface area contributed by atoms with Gasteiger partial charge >= 0.3 is 0 Å². The average molecular weight is 799 g/mol. The second kappa shape index (κ2) is 18.5. The van der Waals surface area contributed by atoms with Crippen LogP contribution in [0.5, 0.6) is 11.5 Å². The lowest BCUT2D eigenvalue weighted by Gasteiger charge is -2.12. The molecule has 9 aromatic rings. The molecular weight excluding hydrogens is 753 g/mol. The molecule has 2 nitrogen and oxygen atoms in total. The molecule has 0 aliphatic heterocycles. The van der Waals surface area contributed by atoms with Crippen LogP contribution in [0.15, 0.2) is 206 Å². The van der Waals surface area contributed by atoms with E-state index in [-0.39, 0.29) is 0 Å². The van der Waals surface area contributed by atoms with Crippen molar-refractivity contribution in [1.29, 1.82) is 0 Å². The molecule has 0 atom stereocenters. The van der Waals surface area contributed by atoms with E-state index in [1.165, 1.54) is 21.5 Å². The molecule has 0 saturated carbocycles. The largest absolute Gasteiger partial charge is 0.497 e. The molecule has 2 heteroatoms. The van der Waals surface area contributed by atoms with Crippen molar-refractivity contribution >= 4 is 69.1 Å². The fourth-order valence-electron chi connectivity index (χ4n) is 7.91. The first-order valence-electron chi connectivity index (χ1n) is 21.0. The third kappa shape index (κ3) is 9.11. The second-order valence-electron chi connectivity index (χ2n) is 15.3. The van der Waals surface area contributed by atoms with E-state index in [0.29, 0.717) is 0 Å². The molecule has 0 bridgehead atoms. The standard InChI is InChI=1S/C60H46O2/c1-61-57-35-31-49(32-36-57)59(55-29-27-47-13-3-7-15-51(47)39-55)41-53-17-9-5-11-45(53)25-23-43-19-21-44(22-20-43)24-26-46-12-6-10-18-54(46)42-60(50-33-37-58(62-2)38-34-50)56-30-28-48-14-4-8-16-52(48)40-56/h3-42H,1-2H3. The van der Waals surface area contributed by atoms with Crippen LogP contribution in [0.4, 0.5) is 0 Å². The highest BCUT2D eigenvalue weighted by Gasteiger charge is 2.11. The molecule has 0 fully saturated rings. The summed E-state index contributed by atoms with van der Waals surface area (Å²) in [5.74, 6) is 1.68. The summed E-state index contributed by atoms with van der Waals surface area (Å²) in [7, 11) is 3.41. The first kappa shape index (κ1) is 39.5. The van der Waals surface area contributed by atoms with Crippen molar-refractivity contribution in [1.82, 2.24) is 0 Å². The highest BCUT2D eigenvalue weighted by molar-refractivity contribution is 5.98. The predicted octanol–water partition coefficient (Wildman–Crippen LogP) is 15.5. The summed E-state index contributed by atoms with van der Waals surface area (Å²) in [6.45, 7) is 0. The van der Waals surface area contributed by atoms with Crippen LogP contribution in [0.1, 0.15) is 55.6 Å². The van der Waals surface area contributed by atoms with E-state index in [1.807, 2.05) is 24.3 Å². The van der Waals surface area contributed by atoms with Crippen molar-refractivity contribution < 1.29 is 9.47 Å². The number of benzene rings is 9. The van der Waals surface area contributed by atoms with Gasteiger partial charge in [0.1, 0.15) is 11.5 Å². The Morgan fingerprint density at radius 1 is 0.306 bits per heavy atom. The van der Waals surface area contributed by atoms with Crippen LogP contribution in [-0.4, -0.2) is 14.2 Å². The first-order chi connectivity index (χ1) is 30.6. The number of hydrogen-bond donors (Lipinski definition) is 0. The van der Waals surface area contributed by atoms with E-state index in [4.69, 9.17) is 9.47 Å². The van der Waals surface area contributed by atoms with Crippen molar-refractivity contribution in [3.63, 3.8) is 0 Å². The van der Waals surface area contributed by atoms with Gasteiger partial charge in [-0.05, 0) is 137 Å². The molecule has 0 aliphatic carbocycles. The summed E-state index contributed by atoms with van der Waals surface area (Å²) in [6.07, 6.45) is 13.4. The summed E-state index contributed by atoms with van der Waals surface area (Å²) in [6, 6.07) is 72.9. The molecule has 0 spiro atoms. The first-order valence-corrected chi connectivity index (χ1v) is 21.0. The minimum Gasteiger partial charge on any atom is -0.497 e. The Kier molecular flexibility index (Phi) is 11.8. The molecule has 9 rings (SSSR count). The van der Waals surface area contributed by atoms with Gasteiger partial charge < -0.3 is 9.47 Å². The van der Waals surface area contributed by atoms with E-state index >= 15 is 0 Å². The topological polar surface area (TPSA) is 18.5 Å². The lowest BCUT2D eigenvalue weighted by molar-refractivity contribution is 0.414. The summed E-state index contributed by atoms with van der Waals surface area (Å²) >= 11 is 0. The molecule has 0 unspecified atom stereocenters. The van der Waals surface area contributed by atoms with Gasteiger partial charge in [0.05, 0.1) is 14.2 Å². The molecule has 0 saturated heterocycles. The van der Waals surface area contributed by atoms with Crippen molar-refractivity contribution in [2.75, 3.05) is 14.2 Å². The fourth-order valence-corrected chi connectivity index (χ4v) is 7.91. The maximum Gasteiger partial charge on any atom is 0.118 e. The van der Waals surface area contributed by atoms with Crippen LogP contribution >= 0.6 is 0 Å². The van der Waals surface area contributed by atoms with Crippen molar-refractivity contribution in [2.24, 2.45) is 0 Å². The van der Waals surface area contributed by atoms with E-state index in [9.17, 15) is 0 Å². The lowest BCUT2D eigenvalue weighted by Crippen LogP contribution is -1.91. The van der Waals surface area contributed by atoms with Crippen molar-refractivity contribution in [2.45, 2.75) is 0 Å². The molecule has 9 aromatic carbocycles. The molecule has 0 heterocycles. The Bertz CT molecular complexity index is 2890. The van der Waals surface area contributed by atoms with Crippen LogP contribution in [0.25, 0.3) is 69.1 Å². The van der Waals surface area contributed by atoms with E-state index in [2.05, 4.69) is 218 Å². The maximum atomic E-state index is 5.49. The third-order valence-electron chi connectivity index (χ3n) is 11.4. The fraction of sp³-hybridized carbons (Fsp3) is 0.0333. The molecule has 298 valence electrons. The molecule has 0 N–H and O–H groups in total. The smallest absolute Gasteiger partial charge is 0.118 e. The van der Waals surface area contributed by atoms with Gasteiger partial charge in [0.2, 0.25) is 0 Å². The summed E-state index contributed by atoms with van der Waals surface area (Å²) in [5, 5.41) is 4.88. The minimum atomic E-state index is 0.839. The van der Waals surface area contributed by atoms with Gasteiger partial charge in [0.15, 0.2) is 0 Å². The summed E-state index contributed by atoms with van der Waals surface area (Å²) in [4.78, 5) is 0. The van der Waals surface area contributed by atoms with Crippen molar-refractivity contribution in [3.8, 4) is 11.5 Å². The van der Waals surface area contributed by atoms with Gasteiger partial charge in [-0.3, -0.25) is 0 Å². The van der Waals surface area contributed by atoms with Gasteiger partial charge in [0, 0.05) is 0 Å². The van der Waals surface area contributed by atoms with E-state index in [1.54, 1.807) is 14.2 Å². The molecule has 0 aromatic heterocycles. The number of methoxy groups -OCH3 is 2. The SMILES string of the molecule is COc1ccc(C(=Cc2ccccc2C=Cc2ccc(C=Cc3ccccc3C=C(c3ccc(OC)cc3)c3ccc4ccccc4c3)cc2)c2ccc3ccccc3c2)cc1. The van der Waals surface area contributed by atoms with E-state index < -0.39 is 0 Å². The molecule has 62 heavy (non-hydrogen) atoms. The van der Waals surface area contributed by atoms with Crippen molar-refractivity contribution in [3.05, 3.63) is 262 Å². The predicted molar refractivity (Wildman–Crippen MR) is 265 cm³/mol. The molecule has 0 aliphatic rings. The maximum absolute atomic E-state index is 5.49. The normalized spacial score (nSPS) is 12.1. The molecule has 0 radical (unpaired) electrons. The minimum absolute atomic E-state index is 0.839. The van der Waals surface area contributed by atoms with Crippen LogP contribution in [0, 0.1) is 0 Å². The average Bonchev–Trinajstić information content (AvgIpc) is 3.34. The molecular formula is C60H46O2. The lowest BCUT2D eigenvalue weighted by atomic mass is 9.92. The summed E-state index contributed by atoms with van der Waals surface area (Å²) in [5.41, 5.74) is 13.7. The van der Waals surface area contributed by atoms with Gasteiger partial charge in [-0.2, -0.15) is 0 Å².